The van der Waals surface area contributed by atoms with Crippen LogP contribution in [0, 0.1) is 39.9 Å². The Morgan fingerprint density at radius 1 is 0.684 bits per heavy atom. The lowest BCUT2D eigenvalue weighted by Gasteiger charge is -2.71. The zero-order chi connectivity index (χ0) is 40.9. The molecule has 300 valence electrons. The number of carbonyl (C=O) groups excluding carboxylic acids is 7. The van der Waals surface area contributed by atoms with Gasteiger partial charge in [-0.1, -0.05) is 49.9 Å². The maximum atomic E-state index is 14.1. The van der Waals surface area contributed by atoms with E-state index in [0.717, 1.165) is 6.29 Å². The number of likely N-dealkylation sites (N-methyl/N-ethyl adjacent to an activating group) is 1. The molecule has 2 spiro atoms. The first-order valence-electron chi connectivity index (χ1n) is 19.1. The number of nitrogens with zero attached hydrogens (tertiary/aromatic N) is 1. The summed E-state index contributed by atoms with van der Waals surface area (Å²) in [6, 6.07) is 15.0. The molecule has 2 aromatic rings. The molecule has 6 saturated carbocycles. The van der Waals surface area contributed by atoms with Gasteiger partial charge in [-0.2, -0.15) is 0 Å². The van der Waals surface area contributed by atoms with E-state index in [2.05, 4.69) is 6.58 Å². The summed E-state index contributed by atoms with van der Waals surface area (Å²) >= 11 is 0. The highest BCUT2D eigenvalue weighted by Crippen LogP contribution is 2.86. The first-order chi connectivity index (χ1) is 27.0. The van der Waals surface area contributed by atoms with E-state index in [-0.39, 0.29) is 23.1 Å². The van der Waals surface area contributed by atoms with Crippen LogP contribution in [-0.2, 0) is 52.4 Å². The number of ether oxygens (including phenoxy) is 6. The molecule has 0 N–H and O–H groups in total. The third-order valence-corrected chi connectivity index (χ3v) is 13.9. The zero-order valence-electron chi connectivity index (χ0n) is 32.4. The summed E-state index contributed by atoms with van der Waals surface area (Å²) in [7, 11) is 1.81. The molecule has 14 nitrogen and oxygen atoms in total. The molecule has 2 saturated heterocycles. The van der Waals surface area contributed by atoms with Crippen LogP contribution in [0.2, 0.25) is 0 Å². The summed E-state index contributed by atoms with van der Waals surface area (Å²) in [5.74, 6) is -7.81. The molecule has 6 aliphatic carbocycles. The maximum absolute atomic E-state index is 14.1. The van der Waals surface area contributed by atoms with Crippen molar-refractivity contribution in [3.8, 4) is 0 Å². The van der Waals surface area contributed by atoms with Crippen molar-refractivity contribution in [2.75, 3.05) is 7.05 Å². The summed E-state index contributed by atoms with van der Waals surface area (Å²) in [6.07, 6.45) is -6.45. The fraction of sp³-hybridized carbons (Fsp3) is 0.512. The molecule has 8 aliphatic rings. The van der Waals surface area contributed by atoms with E-state index in [1.807, 2.05) is 4.90 Å². The minimum absolute atomic E-state index is 0.0815. The molecule has 10 rings (SSSR count). The lowest BCUT2D eigenvalue weighted by atomic mass is 9.36. The number of hydrogen-bond acceptors (Lipinski definition) is 14. The van der Waals surface area contributed by atoms with Gasteiger partial charge in [0.2, 0.25) is 0 Å². The van der Waals surface area contributed by atoms with E-state index in [1.54, 1.807) is 74.6 Å². The van der Waals surface area contributed by atoms with Crippen LogP contribution >= 0.6 is 0 Å². The van der Waals surface area contributed by atoms with Crippen LogP contribution in [0.25, 0.3) is 0 Å². The van der Waals surface area contributed by atoms with Crippen molar-refractivity contribution < 1.29 is 62.0 Å². The van der Waals surface area contributed by atoms with Gasteiger partial charge in [0.1, 0.15) is 42.9 Å². The van der Waals surface area contributed by atoms with E-state index in [0.29, 0.717) is 0 Å². The van der Waals surface area contributed by atoms with E-state index in [4.69, 9.17) is 28.4 Å². The van der Waals surface area contributed by atoms with E-state index < -0.39 is 124 Å². The fourth-order valence-corrected chi connectivity index (χ4v) is 13.0. The van der Waals surface area contributed by atoms with Crippen LogP contribution in [0.15, 0.2) is 72.8 Å². The van der Waals surface area contributed by atoms with Gasteiger partial charge in [-0.3, -0.25) is 24.1 Å². The van der Waals surface area contributed by atoms with Gasteiger partial charge in [-0.25, -0.2) is 9.59 Å². The molecule has 14 heteroatoms. The maximum Gasteiger partial charge on any atom is 0.338 e. The van der Waals surface area contributed by atoms with Crippen LogP contribution in [-0.4, -0.2) is 103 Å². The van der Waals surface area contributed by atoms with Crippen molar-refractivity contribution in [2.45, 2.75) is 89.7 Å². The Kier molecular flexibility index (Phi) is 9.02. The van der Waals surface area contributed by atoms with Crippen molar-refractivity contribution >= 4 is 42.1 Å². The number of rotatable bonds is 9. The molecule has 7 bridgehead atoms. The topological polar surface area (TPSA) is 178 Å². The first-order valence-corrected chi connectivity index (χ1v) is 19.1. The van der Waals surface area contributed by atoms with Crippen LogP contribution in [0.4, 0.5) is 0 Å². The summed E-state index contributed by atoms with van der Waals surface area (Å²) in [5.41, 5.74) is -3.55. The summed E-state index contributed by atoms with van der Waals surface area (Å²) in [4.78, 5) is 97.0. The van der Waals surface area contributed by atoms with Crippen LogP contribution in [0.1, 0.15) is 61.8 Å². The molecular formula is C43H45NO13. The van der Waals surface area contributed by atoms with E-state index >= 15 is 0 Å². The smallest absolute Gasteiger partial charge is 0.338 e. The van der Waals surface area contributed by atoms with Crippen LogP contribution in [0.3, 0.4) is 0 Å². The Balaban J connectivity index is 1.44. The molecule has 0 radical (unpaired) electrons. The van der Waals surface area contributed by atoms with Crippen LogP contribution < -0.4 is 0 Å². The van der Waals surface area contributed by atoms with Crippen LogP contribution in [0.5, 0.6) is 0 Å². The minimum Gasteiger partial charge on any atom is -0.461 e. The van der Waals surface area contributed by atoms with Gasteiger partial charge in [0.15, 0.2) is 0 Å². The normalized spacial score (nSPS) is 40.4. The number of benzene rings is 2. The quantitative estimate of drug-likeness (QED) is 0.156. The van der Waals surface area contributed by atoms with Crippen molar-refractivity contribution in [2.24, 2.45) is 39.9 Å². The molecule has 2 heterocycles. The minimum atomic E-state index is -1.53. The van der Waals surface area contributed by atoms with E-state index in [1.165, 1.54) is 27.7 Å². The zero-order valence-corrected chi connectivity index (χ0v) is 32.4. The standard InChI is InChI=1S/C43H45NO13/c1-20-28-31(57-40(51)26-16-12-9-13-17-26)29-35-43-33(41(6,19-45)18-27(37(43)54-23(4)48)56-39(50)25-14-10-8-11-15-25)30(44(35)7)38(55-24(5)49)42(29,36(20)53-22(3)47)34(43)32(28)52-21(2)46/h8-17,19,27-38H,1,18H2,2-7H3/t27-,28-,29-,30+,31-,32+,33+,34+,35?,36-,37+,38-,41-,42-,43+/m0/s1. The van der Waals surface area contributed by atoms with Gasteiger partial charge >= 0.3 is 35.8 Å². The number of fused-ring (bicyclic) bond motifs is 1. The predicted octanol–water partition coefficient (Wildman–Crippen LogP) is 3.50. The Labute approximate surface area is 329 Å². The third kappa shape index (κ3) is 5.14. The second-order valence-corrected chi connectivity index (χ2v) is 16.7. The lowest BCUT2D eigenvalue weighted by molar-refractivity contribution is -0.312. The largest absolute Gasteiger partial charge is 0.461 e. The fourth-order valence-electron chi connectivity index (χ4n) is 13.0. The number of esters is 6. The van der Waals surface area contributed by atoms with E-state index in [9.17, 15) is 33.6 Å². The Hall–Kier alpha value is -5.37. The van der Waals surface area contributed by atoms with Crippen molar-refractivity contribution in [1.29, 1.82) is 0 Å². The monoisotopic (exact) mass is 783 g/mol. The SMILES string of the molecule is C=C1[C@@H]2[C@@H](OC(C)=O)[C@H]3[C@@]45C6[C@H]([C@H]2OC(=O)c2ccccc2)[C@]3([C@H]1OC(C)=O)[C@@H](OC(C)=O)[C@@H]([C@@H]4[C@](C)(C=O)C[C@H](OC(=O)c1ccccc1)[C@H]5OC(C)=O)N6C. The number of aldehydes is 1. The lowest BCUT2D eigenvalue weighted by Crippen LogP contribution is -2.81. The van der Waals surface area contributed by atoms with Gasteiger partial charge in [0.05, 0.1) is 28.5 Å². The van der Waals surface area contributed by atoms with Gasteiger partial charge < -0.3 is 33.2 Å². The molecule has 1 unspecified atom stereocenters. The van der Waals surface area contributed by atoms with Gasteiger partial charge in [-0.15, -0.1) is 0 Å². The number of hydrogen-bond donors (Lipinski definition) is 0. The third-order valence-electron chi connectivity index (χ3n) is 13.9. The molecule has 15 atom stereocenters. The molecule has 57 heavy (non-hydrogen) atoms. The summed E-state index contributed by atoms with van der Waals surface area (Å²) < 4.78 is 38.2. The van der Waals surface area contributed by atoms with Gasteiger partial charge in [0, 0.05) is 68.7 Å². The summed E-state index contributed by atoms with van der Waals surface area (Å²) in [5, 5.41) is 0. The second-order valence-electron chi connectivity index (χ2n) is 16.7. The van der Waals surface area contributed by atoms with Gasteiger partial charge in [-0.05, 0) is 36.9 Å². The second kappa shape index (κ2) is 13.4. The molecular weight excluding hydrogens is 738 g/mol. The Morgan fingerprint density at radius 3 is 1.74 bits per heavy atom. The number of carbonyl (C=O) groups is 7. The van der Waals surface area contributed by atoms with Gasteiger partial charge in [0.25, 0.3) is 0 Å². The highest BCUT2D eigenvalue weighted by molar-refractivity contribution is 5.90. The Morgan fingerprint density at radius 2 is 1.21 bits per heavy atom. The molecule has 8 fully saturated rings. The highest BCUT2D eigenvalue weighted by Gasteiger charge is 2.96. The molecule has 0 amide bonds. The van der Waals surface area contributed by atoms with Crippen molar-refractivity contribution in [3.05, 3.63) is 83.9 Å². The highest BCUT2D eigenvalue weighted by atomic mass is 16.6. The van der Waals surface area contributed by atoms with Crippen molar-refractivity contribution in [1.82, 2.24) is 4.90 Å². The molecule has 2 aromatic carbocycles. The van der Waals surface area contributed by atoms with Crippen molar-refractivity contribution in [3.63, 3.8) is 0 Å². The molecule has 0 aromatic heterocycles. The molecule has 2 aliphatic heterocycles. The Bertz CT molecular complexity index is 2070. The average Bonchev–Trinajstić information content (AvgIpc) is 3.48. The average molecular weight is 784 g/mol. The predicted molar refractivity (Wildman–Crippen MR) is 196 cm³/mol. The first kappa shape index (κ1) is 38.5. The summed E-state index contributed by atoms with van der Waals surface area (Å²) in [6.45, 7) is 11.1. The number of piperidine rings is 1.